The van der Waals surface area contributed by atoms with Crippen molar-refractivity contribution in [1.82, 2.24) is 9.88 Å². The Morgan fingerprint density at radius 1 is 1.14 bits per heavy atom. The smallest absolute Gasteiger partial charge is 0.187 e. The van der Waals surface area contributed by atoms with Crippen LogP contribution in [0.25, 0.3) is 0 Å². The number of nitrogens with zero attached hydrogens (tertiary/aromatic N) is 2. The minimum Gasteiger partial charge on any atom is -0.378 e. The molecule has 4 nitrogen and oxygen atoms in total. The number of hydrogen-bond donors (Lipinski definition) is 0. The molecular weight excluding hydrogens is 348 g/mol. The van der Waals surface area contributed by atoms with Gasteiger partial charge in [0.05, 0.1) is 6.10 Å². The van der Waals surface area contributed by atoms with Gasteiger partial charge in [-0.3, -0.25) is 14.7 Å². The van der Waals surface area contributed by atoms with Crippen molar-refractivity contribution in [2.24, 2.45) is 11.3 Å². The number of ketones is 1. The van der Waals surface area contributed by atoms with E-state index in [-0.39, 0.29) is 17.3 Å². The molecule has 2 atom stereocenters. The van der Waals surface area contributed by atoms with Gasteiger partial charge in [0.25, 0.3) is 0 Å². The molecule has 4 heteroatoms. The Bertz CT molecular complexity index is 772. The molecule has 0 amide bonds. The summed E-state index contributed by atoms with van der Waals surface area (Å²) in [5.41, 5.74) is 1.65. The summed E-state index contributed by atoms with van der Waals surface area (Å²) in [4.78, 5) is 20.5. The number of rotatable bonds is 5. The zero-order valence-electron chi connectivity index (χ0n) is 16.7. The van der Waals surface area contributed by atoms with Gasteiger partial charge in [0.2, 0.25) is 0 Å². The number of pyridine rings is 1. The first-order valence-electron chi connectivity index (χ1n) is 10.5. The number of aromatic nitrogens is 1. The lowest BCUT2D eigenvalue weighted by Gasteiger charge is -2.47. The molecule has 2 saturated heterocycles. The lowest BCUT2D eigenvalue weighted by molar-refractivity contribution is -0.0595. The van der Waals surface area contributed by atoms with E-state index in [1.807, 2.05) is 18.2 Å². The predicted octanol–water partition coefficient (Wildman–Crippen LogP) is 4.36. The van der Waals surface area contributed by atoms with E-state index in [0.717, 1.165) is 45.3 Å². The van der Waals surface area contributed by atoms with E-state index in [9.17, 15) is 4.79 Å². The van der Waals surface area contributed by atoms with Gasteiger partial charge in [-0.1, -0.05) is 36.4 Å². The normalized spacial score (nSPS) is 26.8. The first-order valence-corrected chi connectivity index (χ1v) is 10.5. The van der Waals surface area contributed by atoms with Crippen LogP contribution in [0.4, 0.5) is 0 Å². The second-order valence-electron chi connectivity index (χ2n) is 8.37. The number of benzene rings is 1. The fourth-order valence-electron chi connectivity index (χ4n) is 5.12. The Balaban J connectivity index is 1.49. The molecule has 2 aliphatic rings. The number of likely N-dealkylation sites (tertiary alicyclic amines) is 1. The van der Waals surface area contributed by atoms with Crippen molar-refractivity contribution in [3.8, 4) is 0 Å². The third kappa shape index (κ3) is 4.03. The third-order valence-corrected chi connectivity index (χ3v) is 6.57. The molecule has 1 unspecified atom stereocenters. The minimum absolute atomic E-state index is 0.128. The van der Waals surface area contributed by atoms with E-state index in [2.05, 4.69) is 47.1 Å². The number of hydrogen-bond acceptors (Lipinski definition) is 4. The Morgan fingerprint density at radius 3 is 2.57 bits per heavy atom. The molecule has 3 heterocycles. The van der Waals surface area contributed by atoms with Crippen LogP contribution in [0.1, 0.15) is 48.7 Å². The molecule has 2 aliphatic heterocycles. The van der Waals surface area contributed by atoms with Crippen molar-refractivity contribution in [1.29, 1.82) is 0 Å². The van der Waals surface area contributed by atoms with Crippen LogP contribution in [0.5, 0.6) is 0 Å². The van der Waals surface area contributed by atoms with Gasteiger partial charge in [-0.05, 0) is 69.3 Å². The van der Waals surface area contributed by atoms with Crippen molar-refractivity contribution in [2.45, 2.75) is 45.3 Å². The molecule has 2 fully saturated rings. The van der Waals surface area contributed by atoms with Crippen molar-refractivity contribution >= 4 is 5.78 Å². The van der Waals surface area contributed by atoms with Crippen LogP contribution in [0.2, 0.25) is 0 Å². The largest absolute Gasteiger partial charge is 0.378 e. The second kappa shape index (κ2) is 8.54. The Hall–Kier alpha value is -2.04. The summed E-state index contributed by atoms with van der Waals surface area (Å²) < 4.78 is 5.83. The van der Waals surface area contributed by atoms with E-state index in [1.165, 1.54) is 5.56 Å². The van der Waals surface area contributed by atoms with E-state index in [4.69, 9.17) is 4.74 Å². The number of carbonyl (C=O) groups is 1. The first-order chi connectivity index (χ1) is 13.7. The number of piperidine rings is 1. The van der Waals surface area contributed by atoms with E-state index in [1.54, 1.807) is 6.20 Å². The molecule has 4 rings (SSSR count). The fourth-order valence-corrected chi connectivity index (χ4v) is 5.12. The molecule has 1 aromatic heterocycles. The van der Waals surface area contributed by atoms with E-state index in [0.29, 0.717) is 18.2 Å². The molecule has 0 N–H and O–H groups in total. The quantitative estimate of drug-likeness (QED) is 0.725. The summed E-state index contributed by atoms with van der Waals surface area (Å²) in [5, 5.41) is 0. The van der Waals surface area contributed by atoms with Crippen LogP contribution < -0.4 is 0 Å². The summed E-state index contributed by atoms with van der Waals surface area (Å²) in [6.45, 7) is 5.86. The first kappa shape index (κ1) is 19.3. The highest BCUT2D eigenvalue weighted by molar-refractivity contribution is 5.99. The Kier molecular flexibility index (Phi) is 5.88. The maximum absolute atomic E-state index is 13.6. The lowest BCUT2D eigenvalue weighted by Crippen LogP contribution is -2.49. The number of ether oxygens (including phenoxy) is 1. The van der Waals surface area contributed by atoms with Gasteiger partial charge in [-0.15, -0.1) is 0 Å². The van der Waals surface area contributed by atoms with Gasteiger partial charge in [0.15, 0.2) is 5.78 Å². The topological polar surface area (TPSA) is 42.4 Å². The number of Topliss-reactive ketones (excluding diaryl/α,β-unsaturated/α-hetero) is 1. The van der Waals surface area contributed by atoms with Gasteiger partial charge in [-0.25, -0.2) is 0 Å². The lowest BCUT2D eigenvalue weighted by atomic mass is 9.62. The standard InChI is InChI=1S/C24H30N2O2/c1-19-17-24(12-16-28-19,23(27)22-9-5-6-13-25-22)21-10-14-26(15-11-21)18-20-7-3-2-4-8-20/h2-9,13,19,21H,10-12,14-18H2,1H3/t19-,24?/m0/s1. The highest BCUT2D eigenvalue weighted by atomic mass is 16.5. The Labute approximate surface area is 167 Å². The van der Waals surface area contributed by atoms with Gasteiger partial charge in [-0.2, -0.15) is 0 Å². The molecular formula is C24H30N2O2. The SMILES string of the molecule is C[C@H]1CC(C(=O)c2ccccn2)(C2CCN(Cc3ccccc3)CC2)CCO1. The maximum Gasteiger partial charge on any atom is 0.187 e. The van der Waals surface area contributed by atoms with Crippen LogP contribution in [0.3, 0.4) is 0 Å². The molecule has 28 heavy (non-hydrogen) atoms. The van der Waals surface area contributed by atoms with Gasteiger partial charge in [0, 0.05) is 24.8 Å². The van der Waals surface area contributed by atoms with Crippen LogP contribution in [0, 0.1) is 11.3 Å². The summed E-state index contributed by atoms with van der Waals surface area (Å²) in [6, 6.07) is 16.3. The van der Waals surface area contributed by atoms with Crippen molar-refractivity contribution in [2.75, 3.05) is 19.7 Å². The molecule has 148 valence electrons. The molecule has 0 radical (unpaired) electrons. The van der Waals surface area contributed by atoms with Crippen molar-refractivity contribution in [3.05, 3.63) is 66.0 Å². The van der Waals surface area contributed by atoms with Crippen molar-refractivity contribution < 1.29 is 9.53 Å². The fraction of sp³-hybridized carbons (Fsp3) is 0.500. The molecule has 0 saturated carbocycles. The molecule has 1 aromatic carbocycles. The van der Waals surface area contributed by atoms with Crippen LogP contribution in [-0.2, 0) is 11.3 Å². The minimum atomic E-state index is -0.329. The predicted molar refractivity (Wildman–Crippen MR) is 110 cm³/mol. The average Bonchev–Trinajstić information content (AvgIpc) is 2.75. The van der Waals surface area contributed by atoms with Crippen LogP contribution in [0.15, 0.2) is 54.7 Å². The molecule has 0 bridgehead atoms. The Morgan fingerprint density at radius 2 is 1.89 bits per heavy atom. The summed E-state index contributed by atoms with van der Waals surface area (Å²) in [7, 11) is 0. The number of carbonyl (C=O) groups excluding carboxylic acids is 1. The van der Waals surface area contributed by atoms with Crippen LogP contribution in [-0.4, -0.2) is 41.5 Å². The van der Waals surface area contributed by atoms with Gasteiger partial charge >= 0.3 is 0 Å². The summed E-state index contributed by atoms with van der Waals surface area (Å²) in [6.07, 6.45) is 5.62. The van der Waals surface area contributed by atoms with Crippen molar-refractivity contribution in [3.63, 3.8) is 0 Å². The summed E-state index contributed by atoms with van der Waals surface area (Å²) in [5.74, 6) is 0.630. The van der Waals surface area contributed by atoms with E-state index >= 15 is 0 Å². The molecule has 0 spiro atoms. The highest BCUT2D eigenvalue weighted by Gasteiger charge is 2.49. The zero-order valence-corrected chi connectivity index (χ0v) is 16.7. The van der Waals surface area contributed by atoms with Crippen LogP contribution >= 0.6 is 0 Å². The zero-order chi connectivity index (χ0) is 19.4. The third-order valence-electron chi connectivity index (χ3n) is 6.57. The summed E-state index contributed by atoms with van der Waals surface area (Å²) >= 11 is 0. The van der Waals surface area contributed by atoms with Gasteiger partial charge < -0.3 is 4.74 Å². The average molecular weight is 379 g/mol. The maximum atomic E-state index is 13.6. The highest BCUT2D eigenvalue weighted by Crippen LogP contribution is 2.47. The molecule has 2 aromatic rings. The second-order valence-corrected chi connectivity index (χ2v) is 8.37. The monoisotopic (exact) mass is 378 g/mol. The molecule has 0 aliphatic carbocycles. The van der Waals surface area contributed by atoms with Gasteiger partial charge in [0.1, 0.15) is 5.69 Å². The van der Waals surface area contributed by atoms with E-state index < -0.39 is 0 Å².